The molecule has 0 spiro atoms. The fourth-order valence-electron chi connectivity index (χ4n) is 2.92. The van der Waals surface area contributed by atoms with E-state index in [1.807, 2.05) is 39.1 Å². The summed E-state index contributed by atoms with van der Waals surface area (Å²) in [6, 6.07) is 7.87. The molecule has 1 aromatic carbocycles. The summed E-state index contributed by atoms with van der Waals surface area (Å²) in [4.78, 5) is 18.0. The van der Waals surface area contributed by atoms with Gasteiger partial charge in [-0.25, -0.2) is 4.98 Å². The van der Waals surface area contributed by atoms with Crippen LogP contribution >= 0.6 is 0 Å². The smallest absolute Gasteiger partial charge is 0.254 e. The van der Waals surface area contributed by atoms with E-state index in [1.54, 1.807) is 4.90 Å². The van der Waals surface area contributed by atoms with Crippen molar-refractivity contribution in [3.05, 3.63) is 46.6 Å². The van der Waals surface area contributed by atoms with Gasteiger partial charge in [0, 0.05) is 30.4 Å². The normalized spacial score (nSPS) is 13.8. The topological polar surface area (TPSA) is 59.2 Å². The lowest BCUT2D eigenvalue weighted by Gasteiger charge is -2.11. The van der Waals surface area contributed by atoms with Crippen molar-refractivity contribution < 1.29 is 4.79 Å². The van der Waals surface area contributed by atoms with Crippen molar-refractivity contribution in [1.29, 1.82) is 0 Å². The van der Waals surface area contributed by atoms with Crippen LogP contribution in [0, 0.1) is 13.8 Å². The fourth-order valence-corrected chi connectivity index (χ4v) is 2.92. The number of pyridine rings is 1. The van der Waals surface area contributed by atoms with Crippen LogP contribution in [0.4, 0.5) is 5.82 Å². The predicted molar refractivity (Wildman–Crippen MR) is 79.4 cm³/mol. The van der Waals surface area contributed by atoms with Gasteiger partial charge in [0.05, 0.1) is 0 Å². The third-order valence-electron chi connectivity index (χ3n) is 3.80. The average Bonchev–Trinajstić information content (AvgIpc) is 2.63. The van der Waals surface area contributed by atoms with Gasteiger partial charge in [-0.1, -0.05) is 6.07 Å². The molecule has 0 bridgehead atoms. The van der Waals surface area contributed by atoms with Crippen LogP contribution in [0.3, 0.4) is 0 Å². The van der Waals surface area contributed by atoms with E-state index in [9.17, 15) is 4.79 Å². The van der Waals surface area contributed by atoms with Crippen LogP contribution in [0.1, 0.15) is 27.2 Å². The molecule has 0 unspecified atom stereocenters. The highest BCUT2D eigenvalue weighted by molar-refractivity contribution is 5.98. The molecule has 1 amide bonds. The number of hydrogen-bond donors (Lipinski definition) is 1. The first-order chi connectivity index (χ1) is 9.47. The third kappa shape index (κ3) is 1.84. The molecule has 1 aliphatic rings. The van der Waals surface area contributed by atoms with Gasteiger partial charge in [0.15, 0.2) is 0 Å². The summed E-state index contributed by atoms with van der Waals surface area (Å²) in [5, 5.41) is 0. The molecule has 0 radical (unpaired) electrons. The van der Waals surface area contributed by atoms with Gasteiger partial charge in [-0.2, -0.15) is 0 Å². The minimum Gasteiger partial charge on any atom is -0.384 e. The van der Waals surface area contributed by atoms with Crippen molar-refractivity contribution in [3.8, 4) is 11.1 Å². The van der Waals surface area contributed by atoms with Crippen LogP contribution in [0.2, 0.25) is 0 Å². The van der Waals surface area contributed by atoms with Crippen molar-refractivity contribution in [1.82, 2.24) is 9.88 Å². The van der Waals surface area contributed by atoms with Gasteiger partial charge in [0.2, 0.25) is 0 Å². The lowest BCUT2D eigenvalue weighted by atomic mass is 9.96. The Balaban J connectivity index is 2.14. The number of nitrogen functional groups attached to an aromatic ring is 1. The Morgan fingerprint density at radius 2 is 2.00 bits per heavy atom. The summed E-state index contributed by atoms with van der Waals surface area (Å²) in [6.07, 6.45) is 0. The highest BCUT2D eigenvalue weighted by Crippen LogP contribution is 2.31. The van der Waals surface area contributed by atoms with Crippen molar-refractivity contribution in [2.24, 2.45) is 0 Å². The number of amides is 1. The first-order valence-electron chi connectivity index (χ1n) is 6.60. The monoisotopic (exact) mass is 267 g/mol. The number of aryl methyl sites for hydroxylation is 2. The number of benzene rings is 1. The summed E-state index contributed by atoms with van der Waals surface area (Å²) in [6.45, 7) is 4.66. The van der Waals surface area contributed by atoms with Gasteiger partial charge in [0.25, 0.3) is 5.91 Å². The number of anilines is 1. The van der Waals surface area contributed by atoms with Gasteiger partial charge < -0.3 is 10.6 Å². The second-order valence-corrected chi connectivity index (χ2v) is 5.36. The number of nitrogens with zero attached hydrogens (tertiary/aromatic N) is 2. The van der Waals surface area contributed by atoms with Crippen molar-refractivity contribution in [2.45, 2.75) is 20.4 Å². The quantitative estimate of drug-likeness (QED) is 0.863. The van der Waals surface area contributed by atoms with Gasteiger partial charge in [0.1, 0.15) is 5.82 Å². The van der Waals surface area contributed by atoms with Gasteiger partial charge >= 0.3 is 0 Å². The molecule has 3 rings (SSSR count). The summed E-state index contributed by atoms with van der Waals surface area (Å²) in [5.74, 6) is 0.634. The zero-order chi connectivity index (χ0) is 14.4. The number of carbonyl (C=O) groups is 1. The molecule has 20 heavy (non-hydrogen) atoms. The van der Waals surface area contributed by atoms with E-state index in [0.717, 1.165) is 33.5 Å². The fraction of sp³-hybridized carbons (Fsp3) is 0.250. The minimum absolute atomic E-state index is 0.0930. The SMILES string of the molecule is Cc1cc(N)nc(C)c1-c1ccc2c(c1)CN(C)C2=O. The lowest BCUT2D eigenvalue weighted by molar-refractivity contribution is 0.0816. The Morgan fingerprint density at radius 1 is 1.25 bits per heavy atom. The molecule has 1 aromatic heterocycles. The Kier molecular flexibility index (Phi) is 2.74. The van der Waals surface area contributed by atoms with E-state index >= 15 is 0 Å². The Morgan fingerprint density at radius 3 is 2.70 bits per heavy atom. The minimum atomic E-state index is 0.0930. The molecule has 0 fully saturated rings. The predicted octanol–water partition coefficient (Wildman–Crippen LogP) is 2.53. The van der Waals surface area contributed by atoms with Gasteiger partial charge in [-0.05, 0) is 48.7 Å². The van der Waals surface area contributed by atoms with Crippen LogP contribution in [-0.2, 0) is 6.54 Å². The van der Waals surface area contributed by atoms with Crippen LogP contribution in [0.5, 0.6) is 0 Å². The van der Waals surface area contributed by atoms with Crippen LogP contribution < -0.4 is 5.73 Å². The maximum absolute atomic E-state index is 11.9. The molecule has 2 heterocycles. The van der Waals surface area contributed by atoms with E-state index in [4.69, 9.17) is 5.73 Å². The lowest BCUT2D eigenvalue weighted by Crippen LogP contribution is -2.17. The molecule has 4 heteroatoms. The highest BCUT2D eigenvalue weighted by Gasteiger charge is 2.24. The molecule has 4 nitrogen and oxygen atoms in total. The van der Waals surface area contributed by atoms with Crippen molar-refractivity contribution in [3.63, 3.8) is 0 Å². The molecule has 102 valence electrons. The largest absolute Gasteiger partial charge is 0.384 e. The van der Waals surface area contributed by atoms with Gasteiger partial charge in [-0.3, -0.25) is 4.79 Å². The standard InChI is InChI=1S/C16H17N3O/c1-9-6-14(17)18-10(2)15(9)11-4-5-13-12(7-11)8-19(3)16(13)20/h4-7H,8H2,1-3H3,(H2,17,18). The first kappa shape index (κ1) is 12.7. The number of rotatable bonds is 1. The van der Waals surface area contributed by atoms with Crippen LogP contribution in [-0.4, -0.2) is 22.8 Å². The number of hydrogen-bond acceptors (Lipinski definition) is 3. The van der Waals surface area contributed by atoms with Crippen molar-refractivity contribution in [2.75, 3.05) is 12.8 Å². The third-order valence-corrected chi connectivity index (χ3v) is 3.80. The van der Waals surface area contributed by atoms with Crippen molar-refractivity contribution >= 4 is 11.7 Å². The molecular formula is C16H17N3O. The number of aromatic nitrogens is 1. The maximum atomic E-state index is 11.9. The van der Waals surface area contributed by atoms with Crippen LogP contribution in [0.25, 0.3) is 11.1 Å². The maximum Gasteiger partial charge on any atom is 0.254 e. The second-order valence-electron chi connectivity index (χ2n) is 5.36. The molecule has 1 aliphatic heterocycles. The summed E-state index contributed by atoms with van der Waals surface area (Å²) in [5.41, 5.74) is 11.9. The number of carbonyl (C=O) groups excluding carboxylic acids is 1. The Labute approximate surface area is 118 Å². The Bertz CT molecular complexity index is 699. The van der Waals surface area contributed by atoms with E-state index in [0.29, 0.717) is 12.4 Å². The van der Waals surface area contributed by atoms with Crippen LogP contribution in [0.15, 0.2) is 24.3 Å². The van der Waals surface area contributed by atoms with E-state index in [-0.39, 0.29) is 5.91 Å². The second kappa shape index (κ2) is 4.34. The van der Waals surface area contributed by atoms with Gasteiger partial charge in [-0.15, -0.1) is 0 Å². The van der Waals surface area contributed by atoms with E-state index in [1.165, 1.54) is 0 Å². The zero-order valence-corrected chi connectivity index (χ0v) is 11.9. The Hall–Kier alpha value is -2.36. The summed E-state index contributed by atoms with van der Waals surface area (Å²) in [7, 11) is 1.82. The number of nitrogens with two attached hydrogens (primary N) is 1. The molecule has 2 N–H and O–H groups in total. The van der Waals surface area contributed by atoms with E-state index in [2.05, 4.69) is 11.1 Å². The molecular weight excluding hydrogens is 250 g/mol. The molecule has 2 aromatic rings. The summed E-state index contributed by atoms with van der Waals surface area (Å²) < 4.78 is 0. The number of fused-ring (bicyclic) bond motifs is 1. The summed E-state index contributed by atoms with van der Waals surface area (Å²) >= 11 is 0. The molecule has 0 atom stereocenters. The first-order valence-corrected chi connectivity index (χ1v) is 6.60. The molecule has 0 saturated carbocycles. The average molecular weight is 267 g/mol. The highest BCUT2D eigenvalue weighted by atomic mass is 16.2. The molecule has 0 saturated heterocycles. The zero-order valence-electron chi connectivity index (χ0n) is 11.9. The van der Waals surface area contributed by atoms with E-state index < -0.39 is 0 Å². The molecule has 0 aliphatic carbocycles.